The molecule has 3 heteroatoms. The van der Waals surface area contributed by atoms with Gasteiger partial charge in [-0.05, 0) is 39.3 Å². The number of nitrogens with zero attached hydrogens (tertiary/aromatic N) is 1. The van der Waals surface area contributed by atoms with E-state index in [1.807, 2.05) is 18.7 Å². The molecule has 0 aromatic rings. The Labute approximate surface area is 92.5 Å². The molecule has 1 aliphatic heterocycles. The van der Waals surface area contributed by atoms with Crippen LogP contribution in [0.5, 0.6) is 0 Å². The Morgan fingerprint density at radius 1 is 1.53 bits per heavy atom. The largest absolute Gasteiger partial charge is 0.338 e. The summed E-state index contributed by atoms with van der Waals surface area (Å²) in [6, 6.07) is 0.493. The molecule has 1 unspecified atom stereocenters. The van der Waals surface area contributed by atoms with Crippen LogP contribution in [-0.4, -0.2) is 36.5 Å². The predicted octanol–water partition coefficient (Wildman–Crippen LogP) is 1.55. The second-order valence-electron chi connectivity index (χ2n) is 4.02. The summed E-state index contributed by atoms with van der Waals surface area (Å²) in [7, 11) is 0. The minimum Gasteiger partial charge on any atom is -0.338 e. The maximum Gasteiger partial charge on any atom is 0.246 e. The molecule has 0 saturated carbocycles. The molecule has 0 radical (unpaired) electrons. The monoisotopic (exact) mass is 210 g/mol. The van der Waals surface area contributed by atoms with Gasteiger partial charge in [-0.15, -0.1) is 0 Å². The molecule has 1 rings (SSSR count). The zero-order chi connectivity index (χ0) is 11.1. The lowest BCUT2D eigenvalue weighted by molar-refractivity contribution is -0.126. The highest BCUT2D eigenvalue weighted by atomic mass is 16.2. The van der Waals surface area contributed by atoms with Crippen molar-refractivity contribution in [3.8, 4) is 0 Å². The van der Waals surface area contributed by atoms with Crippen molar-refractivity contribution in [1.82, 2.24) is 10.2 Å². The van der Waals surface area contributed by atoms with Crippen LogP contribution >= 0.6 is 0 Å². The van der Waals surface area contributed by atoms with Crippen LogP contribution in [0.3, 0.4) is 0 Å². The molecule has 1 N–H and O–H groups in total. The van der Waals surface area contributed by atoms with Gasteiger partial charge in [-0.1, -0.05) is 12.5 Å². The number of amides is 1. The zero-order valence-electron chi connectivity index (χ0n) is 9.83. The summed E-state index contributed by atoms with van der Waals surface area (Å²) in [6.45, 7) is 6.65. The van der Waals surface area contributed by atoms with Crippen LogP contribution in [0.1, 0.15) is 33.1 Å². The Morgan fingerprint density at radius 3 is 2.87 bits per heavy atom. The van der Waals surface area contributed by atoms with Crippen LogP contribution in [0.4, 0.5) is 0 Å². The molecular weight excluding hydrogens is 188 g/mol. The third kappa shape index (κ3) is 4.04. The lowest BCUT2D eigenvalue weighted by atomic mass is 10.0. The van der Waals surface area contributed by atoms with Gasteiger partial charge in [0.15, 0.2) is 0 Å². The first-order valence-electron chi connectivity index (χ1n) is 5.93. The fourth-order valence-corrected chi connectivity index (χ4v) is 1.97. The van der Waals surface area contributed by atoms with Gasteiger partial charge in [-0.3, -0.25) is 4.79 Å². The fraction of sp³-hybridized carbons (Fsp3) is 0.750. The molecule has 0 spiro atoms. The topological polar surface area (TPSA) is 32.3 Å². The number of rotatable bonds is 4. The van der Waals surface area contributed by atoms with E-state index < -0.39 is 0 Å². The molecular formula is C12H22N2O. The Balaban J connectivity index is 2.41. The van der Waals surface area contributed by atoms with Gasteiger partial charge in [0.05, 0.1) is 0 Å². The number of nitrogens with one attached hydrogen (secondary N) is 1. The highest BCUT2D eigenvalue weighted by Crippen LogP contribution is 2.08. The van der Waals surface area contributed by atoms with Crippen molar-refractivity contribution in [2.24, 2.45) is 0 Å². The van der Waals surface area contributed by atoms with Crippen molar-refractivity contribution in [2.75, 3.05) is 19.6 Å². The van der Waals surface area contributed by atoms with Gasteiger partial charge in [0.2, 0.25) is 5.91 Å². The van der Waals surface area contributed by atoms with E-state index in [4.69, 9.17) is 0 Å². The highest BCUT2D eigenvalue weighted by Gasteiger charge is 2.17. The van der Waals surface area contributed by atoms with Crippen molar-refractivity contribution in [1.29, 1.82) is 0 Å². The third-order valence-electron chi connectivity index (χ3n) is 2.86. The zero-order valence-corrected chi connectivity index (χ0v) is 9.83. The second-order valence-corrected chi connectivity index (χ2v) is 4.02. The van der Waals surface area contributed by atoms with E-state index in [2.05, 4.69) is 5.32 Å². The predicted molar refractivity (Wildman–Crippen MR) is 62.7 cm³/mol. The van der Waals surface area contributed by atoms with Crippen LogP contribution in [0.2, 0.25) is 0 Å². The Hall–Kier alpha value is -0.830. The van der Waals surface area contributed by atoms with Gasteiger partial charge in [-0.25, -0.2) is 0 Å². The molecule has 1 atom stereocenters. The molecule has 0 aromatic carbocycles. The third-order valence-corrected chi connectivity index (χ3v) is 2.86. The lowest BCUT2D eigenvalue weighted by Gasteiger charge is -2.29. The first kappa shape index (κ1) is 12.2. The molecule has 1 amide bonds. The Bertz CT molecular complexity index is 220. The van der Waals surface area contributed by atoms with Crippen LogP contribution in [0, 0.1) is 0 Å². The fourth-order valence-electron chi connectivity index (χ4n) is 1.97. The van der Waals surface area contributed by atoms with E-state index in [1.165, 1.54) is 19.3 Å². The summed E-state index contributed by atoms with van der Waals surface area (Å²) in [6.07, 6.45) is 7.20. The maximum atomic E-state index is 11.7. The summed E-state index contributed by atoms with van der Waals surface area (Å²) in [5.74, 6) is 0.132. The number of carbonyl (C=O) groups excluding carboxylic acids is 1. The van der Waals surface area contributed by atoms with Crippen molar-refractivity contribution in [3.05, 3.63) is 12.2 Å². The van der Waals surface area contributed by atoms with Gasteiger partial charge in [0.1, 0.15) is 0 Å². The number of hydrogen-bond acceptors (Lipinski definition) is 2. The molecule has 86 valence electrons. The van der Waals surface area contributed by atoms with Gasteiger partial charge in [0, 0.05) is 19.1 Å². The summed E-state index contributed by atoms with van der Waals surface area (Å²) in [4.78, 5) is 13.6. The summed E-state index contributed by atoms with van der Waals surface area (Å²) < 4.78 is 0. The molecule has 0 aliphatic carbocycles. The van der Waals surface area contributed by atoms with Crippen LogP contribution in [0.15, 0.2) is 12.2 Å². The average Bonchev–Trinajstić information content (AvgIpc) is 2.27. The second kappa shape index (κ2) is 6.62. The standard InChI is InChI=1S/C12H22N2O/c1-3-7-12(15)14(4-2)10-11-8-5-6-9-13-11/h3,7,11,13H,4-6,8-10H2,1-2H3/b7-3+. The maximum absolute atomic E-state index is 11.7. The number of carbonyl (C=O) groups is 1. The average molecular weight is 210 g/mol. The van der Waals surface area contributed by atoms with Crippen molar-refractivity contribution in [3.63, 3.8) is 0 Å². The minimum absolute atomic E-state index is 0.132. The molecule has 0 bridgehead atoms. The quantitative estimate of drug-likeness (QED) is 0.714. The highest BCUT2D eigenvalue weighted by molar-refractivity contribution is 5.87. The van der Waals surface area contributed by atoms with Crippen LogP contribution in [-0.2, 0) is 4.79 Å². The van der Waals surface area contributed by atoms with Crippen molar-refractivity contribution < 1.29 is 4.79 Å². The molecule has 1 fully saturated rings. The van der Waals surface area contributed by atoms with Gasteiger partial charge < -0.3 is 10.2 Å². The van der Waals surface area contributed by atoms with Crippen molar-refractivity contribution in [2.45, 2.75) is 39.2 Å². The normalized spacial score (nSPS) is 21.9. The first-order chi connectivity index (χ1) is 7.27. The van der Waals surface area contributed by atoms with Gasteiger partial charge in [-0.2, -0.15) is 0 Å². The number of piperidine rings is 1. The number of likely N-dealkylation sites (N-methyl/N-ethyl adjacent to an activating group) is 1. The Morgan fingerprint density at radius 2 is 2.33 bits per heavy atom. The minimum atomic E-state index is 0.132. The molecule has 1 heterocycles. The van der Waals surface area contributed by atoms with Crippen LogP contribution < -0.4 is 5.32 Å². The smallest absolute Gasteiger partial charge is 0.246 e. The molecule has 1 aliphatic rings. The summed E-state index contributed by atoms with van der Waals surface area (Å²) in [5, 5.41) is 3.46. The van der Waals surface area contributed by atoms with Gasteiger partial charge in [0.25, 0.3) is 0 Å². The number of hydrogen-bond donors (Lipinski definition) is 1. The first-order valence-corrected chi connectivity index (χ1v) is 5.93. The summed E-state index contributed by atoms with van der Waals surface area (Å²) in [5.41, 5.74) is 0. The van der Waals surface area contributed by atoms with E-state index in [1.54, 1.807) is 12.2 Å². The van der Waals surface area contributed by atoms with E-state index in [-0.39, 0.29) is 5.91 Å². The van der Waals surface area contributed by atoms with E-state index in [0.717, 1.165) is 19.6 Å². The van der Waals surface area contributed by atoms with E-state index in [0.29, 0.717) is 6.04 Å². The lowest BCUT2D eigenvalue weighted by Crippen LogP contribution is -2.45. The molecule has 3 nitrogen and oxygen atoms in total. The van der Waals surface area contributed by atoms with E-state index in [9.17, 15) is 4.79 Å². The van der Waals surface area contributed by atoms with Crippen molar-refractivity contribution >= 4 is 5.91 Å². The molecule has 1 saturated heterocycles. The van der Waals surface area contributed by atoms with Crippen LogP contribution in [0.25, 0.3) is 0 Å². The SMILES string of the molecule is C/C=C/C(=O)N(CC)CC1CCCCN1. The van der Waals surface area contributed by atoms with E-state index >= 15 is 0 Å². The Kier molecular flexibility index (Phi) is 5.40. The van der Waals surface area contributed by atoms with Gasteiger partial charge >= 0.3 is 0 Å². The number of allylic oxidation sites excluding steroid dienone is 1. The summed E-state index contributed by atoms with van der Waals surface area (Å²) >= 11 is 0. The molecule has 0 aromatic heterocycles. The molecule has 15 heavy (non-hydrogen) atoms.